The van der Waals surface area contributed by atoms with Crippen LogP contribution in [0.3, 0.4) is 0 Å². The van der Waals surface area contributed by atoms with Crippen molar-refractivity contribution in [3.63, 3.8) is 0 Å². The van der Waals surface area contributed by atoms with Crippen molar-refractivity contribution in [2.45, 2.75) is 39.3 Å². The van der Waals surface area contributed by atoms with E-state index in [9.17, 15) is 0 Å². The van der Waals surface area contributed by atoms with Gasteiger partial charge in [0.15, 0.2) is 5.13 Å². The molecule has 1 aliphatic heterocycles. The minimum atomic E-state index is 0.305. The maximum absolute atomic E-state index is 5.99. The van der Waals surface area contributed by atoms with Crippen LogP contribution in [0.2, 0.25) is 0 Å². The molecule has 0 saturated carbocycles. The molecule has 0 bridgehead atoms. The number of thiazole rings is 1. The van der Waals surface area contributed by atoms with Crippen LogP contribution in [0.15, 0.2) is 0 Å². The lowest BCUT2D eigenvalue weighted by Crippen LogP contribution is -2.36. The summed E-state index contributed by atoms with van der Waals surface area (Å²) in [6, 6.07) is 0.736. The van der Waals surface area contributed by atoms with Crippen LogP contribution >= 0.6 is 11.3 Å². The van der Waals surface area contributed by atoms with Gasteiger partial charge in [-0.1, -0.05) is 0 Å². The fourth-order valence-corrected chi connectivity index (χ4v) is 2.84. The van der Waals surface area contributed by atoms with Crippen molar-refractivity contribution in [1.82, 2.24) is 4.98 Å². The quantitative estimate of drug-likeness (QED) is 0.768. The SMILES string of the molecule is Cc1nc(N2CCC(N)C2C)sc1C. The minimum absolute atomic E-state index is 0.305. The first kappa shape index (κ1) is 9.93. The highest BCUT2D eigenvalue weighted by atomic mass is 32.1. The van der Waals surface area contributed by atoms with Crippen LogP contribution in [-0.4, -0.2) is 23.6 Å². The second-order valence-electron chi connectivity index (χ2n) is 4.02. The van der Waals surface area contributed by atoms with Gasteiger partial charge in [-0.05, 0) is 27.2 Å². The number of aryl methyl sites for hydroxylation is 2. The lowest BCUT2D eigenvalue weighted by molar-refractivity contribution is 0.623. The first-order chi connectivity index (χ1) is 6.59. The molecule has 2 rings (SSSR count). The smallest absolute Gasteiger partial charge is 0.186 e. The molecule has 14 heavy (non-hydrogen) atoms. The molecule has 1 saturated heterocycles. The van der Waals surface area contributed by atoms with Gasteiger partial charge in [0.25, 0.3) is 0 Å². The fourth-order valence-electron chi connectivity index (χ4n) is 1.81. The minimum Gasteiger partial charge on any atom is -0.344 e. The Hall–Kier alpha value is -0.610. The monoisotopic (exact) mass is 211 g/mol. The Morgan fingerprint density at radius 1 is 1.50 bits per heavy atom. The van der Waals surface area contributed by atoms with E-state index in [1.807, 2.05) is 0 Å². The number of rotatable bonds is 1. The predicted octanol–water partition coefficient (Wildman–Crippen LogP) is 1.69. The van der Waals surface area contributed by atoms with Crippen LogP contribution < -0.4 is 10.6 Å². The molecule has 2 heterocycles. The van der Waals surface area contributed by atoms with Crippen LogP contribution in [-0.2, 0) is 0 Å². The molecule has 0 aromatic carbocycles. The average Bonchev–Trinajstić information content (AvgIpc) is 2.61. The van der Waals surface area contributed by atoms with Crippen molar-refractivity contribution in [2.75, 3.05) is 11.4 Å². The van der Waals surface area contributed by atoms with E-state index in [2.05, 4.69) is 30.7 Å². The van der Waals surface area contributed by atoms with Gasteiger partial charge in [0.2, 0.25) is 0 Å². The third-order valence-corrected chi connectivity index (χ3v) is 4.19. The largest absolute Gasteiger partial charge is 0.344 e. The molecular weight excluding hydrogens is 194 g/mol. The number of anilines is 1. The summed E-state index contributed by atoms with van der Waals surface area (Å²) in [6.07, 6.45) is 1.08. The molecule has 1 aromatic rings. The van der Waals surface area contributed by atoms with E-state index in [1.165, 1.54) is 4.88 Å². The van der Waals surface area contributed by atoms with E-state index in [0.29, 0.717) is 12.1 Å². The summed E-state index contributed by atoms with van der Waals surface area (Å²) < 4.78 is 0. The molecule has 0 amide bonds. The average molecular weight is 211 g/mol. The molecular formula is C10H17N3S. The highest BCUT2D eigenvalue weighted by Crippen LogP contribution is 2.30. The summed E-state index contributed by atoms with van der Waals surface area (Å²) in [4.78, 5) is 8.21. The van der Waals surface area contributed by atoms with Gasteiger partial charge >= 0.3 is 0 Å². The summed E-state index contributed by atoms with van der Waals surface area (Å²) in [7, 11) is 0. The molecule has 0 radical (unpaired) electrons. The fraction of sp³-hybridized carbons (Fsp3) is 0.700. The van der Waals surface area contributed by atoms with E-state index < -0.39 is 0 Å². The zero-order valence-corrected chi connectivity index (χ0v) is 9.77. The van der Waals surface area contributed by atoms with Crippen LogP contribution in [0, 0.1) is 13.8 Å². The van der Waals surface area contributed by atoms with Crippen molar-refractivity contribution in [3.8, 4) is 0 Å². The Bertz CT molecular complexity index is 315. The number of nitrogens with two attached hydrogens (primary N) is 1. The first-order valence-electron chi connectivity index (χ1n) is 5.06. The maximum atomic E-state index is 5.99. The predicted molar refractivity (Wildman–Crippen MR) is 61.0 cm³/mol. The van der Waals surface area contributed by atoms with E-state index in [4.69, 9.17) is 5.73 Å². The van der Waals surface area contributed by atoms with Crippen molar-refractivity contribution in [2.24, 2.45) is 5.73 Å². The Morgan fingerprint density at radius 3 is 2.64 bits per heavy atom. The van der Waals surface area contributed by atoms with Gasteiger partial charge in [-0.25, -0.2) is 4.98 Å². The van der Waals surface area contributed by atoms with Crippen LogP contribution in [0.4, 0.5) is 5.13 Å². The van der Waals surface area contributed by atoms with Crippen molar-refractivity contribution >= 4 is 16.5 Å². The third kappa shape index (κ3) is 1.53. The first-order valence-corrected chi connectivity index (χ1v) is 5.87. The standard InChI is InChI=1S/C10H17N3S/c1-6-8(3)14-10(12-6)13-5-4-9(11)7(13)2/h7,9H,4-5,11H2,1-3H3. The van der Waals surface area contributed by atoms with Crippen molar-refractivity contribution in [1.29, 1.82) is 0 Å². The van der Waals surface area contributed by atoms with E-state index in [1.54, 1.807) is 11.3 Å². The molecule has 1 fully saturated rings. The topological polar surface area (TPSA) is 42.2 Å². The van der Waals surface area contributed by atoms with Gasteiger partial charge < -0.3 is 10.6 Å². The van der Waals surface area contributed by atoms with Crippen LogP contribution in [0.5, 0.6) is 0 Å². The molecule has 2 atom stereocenters. The zero-order chi connectivity index (χ0) is 10.3. The van der Waals surface area contributed by atoms with E-state index in [0.717, 1.165) is 23.8 Å². The number of hydrogen-bond donors (Lipinski definition) is 1. The van der Waals surface area contributed by atoms with Gasteiger partial charge in [-0.15, -0.1) is 11.3 Å². The molecule has 1 aromatic heterocycles. The van der Waals surface area contributed by atoms with Gasteiger partial charge in [0.05, 0.1) is 5.69 Å². The third-order valence-electron chi connectivity index (χ3n) is 3.08. The zero-order valence-electron chi connectivity index (χ0n) is 8.95. The summed E-state index contributed by atoms with van der Waals surface area (Å²) in [6.45, 7) is 7.42. The Labute approximate surface area is 88.9 Å². The summed E-state index contributed by atoms with van der Waals surface area (Å²) in [5.41, 5.74) is 7.14. The Balaban J connectivity index is 2.23. The number of nitrogens with zero attached hydrogens (tertiary/aromatic N) is 2. The number of aromatic nitrogens is 1. The Kier molecular flexibility index (Phi) is 2.49. The lowest BCUT2D eigenvalue weighted by atomic mass is 10.2. The molecule has 0 spiro atoms. The highest BCUT2D eigenvalue weighted by molar-refractivity contribution is 7.15. The molecule has 78 valence electrons. The highest BCUT2D eigenvalue weighted by Gasteiger charge is 2.29. The molecule has 3 nitrogen and oxygen atoms in total. The van der Waals surface area contributed by atoms with Crippen molar-refractivity contribution in [3.05, 3.63) is 10.6 Å². The summed E-state index contributed by atoms with van der Waals surface area (Å²) in [5, 5.41) is 1.14. The molecule has 1 aliphatic rings. The summed E-state index contributed by atoms with van der Waals surface area (Å²) >= 11 is 1.78. The summed E-state index contributed by atoms with van der Waals surface area (Å²) in [5.74, 6) is 0. The molecule has 0 aliphatic carbocycles. The number of hydrogen-bond acceptors (Lipinski definition) is 4. The van der Waals surface area contributed by atoms with Gasteiger partial charge in [-0.3, -0.25) is 0 Å². The lowest BCUT2D eigenvalue weighted by Gasteiger charge is -2.22. The second kappa shape index (κ2) is 3.51. The van der Waals surface area contributed by atoms with Crippen molar-refractivity contribution < 1.29 is 0 Å². The van der Waals surface area contributed by atoms with E-state index >= 15 is 0 Å². The molecule has 4 heteroatoms. The maximum Gasteiger partial charge on any atom is 0.186 e. The normalized spacial score (nSPS) is 27.3. The Morgan fingerprint density at radius 2 is 2.21 bits per heavy atom. The van der Waals surface area contributed by atoms with Gasteiger partial charge in [-0.2, -0.15) is 0 Å². The van der Waals surface area contributed by atoms with Gasteiger partial charge in [0, 0.05) is 23.5 Å². The molecule has 2 N–H and O–H groups in total. The van der Waals surface area contributed by atoms with Crippen LogP contribution in [0.1, 0.15) is 23.9 Å². The van der Waals surface area contributed by atoms with E-state index in [-0.39, 0.29) is 0 Å². The van der Waals surface area contributed by atoms with Gasteiger partial charge in [0.1, 0.15) is 0 Å². The second-order valence-corrected chi connectivity index (χ2v) is 5.21. The molecule has 2 unspecified atom stereocenters. The van der Waals surface area contributed by atoms with Crippen LogP contribution in [0.25, 0.3) is 0 Å².